The third-order valence-corrected chi connectivity index (χ3v) is 5.82. The molecule has 1 fully saturated rings. The lowest BCUT2D eigenvalue weighted by atomic mass is 10.1. The van der Waals surface area contributed by atoms with Crippen LogP contribution >= 0.6 is 11.8 Å². The van der Waals surface area contributed by atoms with Crippen molar-refractivity contribution in [2.75, 3.05) is 30.0 Å². The minimum absolute atomic E-state index is 0.106. The minimum Gasteiger partial charge on any atom is -0.396 e. The number of nitrogens with two attached hydrogens (primary N) is 1. The molecule has 9 heteroatoms. The van der Waals surface area contributed by atoms with Crippen LogP contribution in [-0.4, -0.2) is 48.9 Å². The van der Waals surface area contributed by atoms with Gasteiger partial charge in [-0.05, 0) is 12.1 Å². The number of thioether (sulfide) groups is 1. The molecule has 1 aliphatic heterocycles. The van der Waals surface area contributed by atoms with Crippen molar-refractivity contribution in [1.29, 1.82) is 0 Å². The Morgan fingerprint density at radius 2 is 2.10 bits per heavy atom. The van der Waals surface area contributed by atoms with Gasteiger partial charge in [0.2, 0.25) is 0 Å². The van der Waals surface area contributed by atoms with Gasteiger partial charge in [-0.25, -0.2) is 17.2 Å². The van der Waals surface area contributed by atoms with Gasteiger partial charge in [0.25, 0.3) is 5.91 Å². The molecule has 116 valence electrons. The van der Waals surface area contributed by atoms with Gasteiger partial charge in [-0.2, -0.15) is 11.8 Å². The van der Waals surface area contributed by atoms with Crippen LogP contribution in [0.25, 0.3) is 0 Å². The van der Waals surface area contributed by atoms with Crippen LogP contribution in [0.2, 0.25) is 0 Å². The highest BCUT2D eigenvalue weighted by molar-refractivity contribution is 8.00. The van der Waals surface area contributed by atoms with E-state index in [1.165, 1.54) is 11.8 Å². The molecule has 21 heavy (non-hydrogen) atoms. The molecule has 0 aliphatic carbocycles. The van der Waals surface area contributed by atoms with Crippen LogP contribution in [-0.2, 0) is 9.84 Å². The second-order valence-corrected chi connectivity index (χ2v) is 8.04. The molecular weight excluding hydrogens is 322 g/mol. The number of rotatable bonds is 2. The average Bonchev–Trinajstić information content (AvgIpc) is 2.42. The maximum Gasteiger partial charge on any atom is 0.261 e. The Morgan fingerprint density at radius 1 is 1.43 bits per heavy atom. The summed E-state index contributed by atoms with van der Waals surface area (Å²) in [5.74, 6) is -2.53. The van der Waals surface area contributed by atoms with Gasteiger partial charge < -0.3 is 10.6 Å². The highest BCUT2D eigenvalue weighted by Gasteiger charge is 2.36. The Morgan fingerprint density at radius 3 is 2.71 bits per heavy atom. The number of anilines is 1. The fourth-order valence-electron chi connectivity index (χ4n) is 2.08. The number of halogens is 2. The number of hydrogen-bond donors (Lipinski definition) is 1. The Hall–Kier alpha value is -1.35. The Kier molecular flexibility index (Phi) is 4.43. The van der Waals surface area contributed by atoms with E-state index in [0.29, 0.717) is 5.75 Å². The first-order chi connectivity index (χ1) is 9.73. The molecule has 1 aromatic carbocycles. The minimum atomic E-state index is -3.56. The molecule has 1 atom stereocenters. The molecule has 1 aliphatic rings. The molecule has 2 N–H and O–H groups in total. The zero-order chi connectivity index (χ0) is 15.8. The second-order valence-electron chi connectivity index (χ2n) is 4.68. The topological polar surface area (TPSA) is 80.5 Å². The van der Waals surface area contributed by atoms with Crippen molar-refractivity contribution >= 4 is 33.2 Å². The summed E-state index contributed by atoms with van der Waals surface area (Å²) in [5.41, 5.74) is 4.17. The van der Waals surface area contributed by atoms with Crippen LogP contribution in [0.3, 0.4) is 0 Å². The lowest BCUT2D eigenvalue weighted by Gasteiger charge is -2.34. The van der Waals surface area contributed by atoms with E-state index in [1.807, 2.05) is 0 Å². The molecule has 1 heterocycles. The first-order valence-corrected chi connectivity index (χ1v) is 9.15. The van der Waals surface area contributed by atoms with Crippen molar-refractivity contribution in [1.82, 2.24) is 4.90 Å². The van der Waals surface area contributed by atoms with E-state index >= 15 is 0 Å². The zero-order valence-electron chi connectivity index (χ0n) is 11.2. The van der Waals surface area contributed by atoms with Gasteiger partial charge in [0, 0.05) is 24.3 Å². The number of hydrogen-bond acceptors (Lipinski definition) is 5. The van der Waals surface area contributed by atoms with Gasteiger partial charge in [0.05, 0.1) is 5.69 Å². The summed E-state index contributed by atoms with van der Waals surface area (Å²) < 4.78 is 51.2. The van der Waals surface area contributed by atoms with E-state index in [-0.39, 0.29) is 18.0 Å². The van der Waals surface area contributed by atoms with Crippen molar-refractivity contribution in [3.63, 3.8) is 0 Å². The molecule has 0 radical (unpaired) electrons. The third kappa shape index (κ3) is 3.13. The summed E-state index contributed by atoms with van der Waals surface area (Å²) in [4.78, 5) is 13.4. The first-order valence-electron chi connectivity index (χ1n) is 6.04. The number of nitrogens with zero attached hydrogens (tertiary/aromatic N) is 1. The molecule has 1 unspecified atom stereocenters. The standard InChI is InChI=1S/C12H14F2N2O3S2/c1-21(18,19)9-6-20-5-4-16(9)12(17)10-7(13)2-3-8(15)11(10)14/h2-3,9H,4-6,15H2,1H3. The van der Waals surface area contributed by atoms with Crippen LogP contribution in [0.15, 0.2) is 12.1 Å². The summed E-state index contributed by atoms with van der Waals surface area (Å²) in [6.45, 7) is 0.106. The van der Waals surface area contributed by atoms with Crippen LogP contribution in [0.4, 0.5) is 14.5 Å². The van der Waals surface area contributed by atoms with E-state index in [0.717, 1.165) is 23.3 Å². The Labute approximate surface area is 125 Å². The van der Waals surface area contributed by atoms with Crippen molar-refractivity contribution in [2.24, 2.45) is 0 Å². The van der Waals surface area contributed by atoms with Crippen molar-refractivity contribution in [3.05, 3.63) is 29.3 Å². The van der Waals surface area contributed by atoms with Crippen LogP contribution in [0.1, 0.15) is 10.4 Å². The normalized spacial score (nSPS) is 19.6. The van der Waals surface area contributed by atoms with Crippen molar-refractivity contribution in [3.8, 4) is 0 Å². The van der Waals surface area contributed by atoms with E-state index in [2.05, 4.69) is 0 Å². The molecule has 0 bridgehead atoms. The lowest BCUT2D eigenvalue weighted by molar-refractivity contribution is 0.0740. The van der Waals surface area contributed by atoms with Crippen LogP contribution in [0.5, 0.6) is 0 Å². The summed E-state index contributed by atoms with van der Waals surface area (Å²) in [5, 5.41) is -1.09. The number of benzene rings is 1. The van der Waals surface area contributed by atoms with Crippen LogP contribution < -0.4 is 5.73 Å². The smallest absolute Gasteiger partial charge is 0.261 e. The number of carbonyl (C=O) groups is 1. The second kappa shape index (κ2) is 5.80. The fraction of sp³-hybridized carbons (Fsp3) is 0.417. The first kappa shape index (κ1) is 16.0. The van der Waals surface area contributed by atoms with Gasteiger partial charge >= 0.3 is 0 Å². The molecule has 0 aromatic heterocycles. The van der Waals surface area contributed by atoms with Crippen LogP contribution in [0, 0.1) is 11.6 Å². The van der Waals surface area contributed by atoms with E-state index in [4.69, 9.17) is 5.73 Å². The molecule has 0 saturated carbocycles. The lowest BCUT2D eigenvalue weighted by Crippen LogP contribution is -2.50. The Bertz CT molecular complexity index is 679. The average molecular weight is 336 g/mol. The van der Waals surface area contributed by atoms with E-state index in [9.17, 15) is 22.0 Å². The van der Waals surface area contributed by atoms with Gasteiger partial charge in [-0.15, -0.1) is 0 Å². The molecule has 0 spiro atoms. The summed E-state index contributed by atoms with van der Waals surface area (Å²) in [6.07, 6.45) is 0.996. The van der Waals surface area contributed by atoms with Gasteiger partial charge in [-0.1, -0.05) is 0 Å². The zero-order valence-corrected chi connectivity index (χ0v) is 12.8. The quantitative estimate of drug-likeness (QED) is 0.818. The molecule has 1 aromatic rings. The molecule has 5 nitrogen and oxygen atoms in total. The van der Waals surface area contributed by atoms with Gasteiger partial charge in [-0.3, -0.25) is 4.79 Å². The van der Waals surface area contributed by atoms with E-state index in [1.54, 1.807) is 0 Å². The fourth-order valence-corrected chi connectivity index (χ4v) is 4.89. The van der Waals surface area contributed by atoms with Gasteiger partial charge in [0.1, 0.15) is 16.8 Å². The summed E-state index contributed by atoms with van der Waals surface area (Å²) in [7, 11) is -3.56. The summed E-state index contributed by atoms with van der Waals surface area (Å²) in [6, 6.07) is 1.90. The molecular formula is C12H14F2N2O3S2. The Balaban J connectivity index is 2.45. The maximum atomic E-state index is 13.9. The number of sulfone groups is 1. The highest BCUT2D eigenvalue weighted by atomic mass is 32.2. The number of nitrogen functional groups attached to an aromatic ring is 1. The summed E-state index contributed by atoms with van der Waals surface area (Å²) >= 11 is 1.37. The predicted octanol–water partition coefficient (Wildman–Crippen LogP) is 1.11. The molecule has 1 amide bonds. The highest BCUT2D eigenvalue weighted by Crippen LogP contribution is 2.26. The van der Waals surface area contributed by atoms with Crippen molar-refractivity contribution in [2.45, 2.75) is 5.37 Å². The van der Waals surface area contributed by atoms with E-state index < -0.39 is 38.3 Å². The maximum absolute atomic E-state index is 13.9. The van der Waals surface area contributed by atoms with Gasteiger partial charge in [0.15, 0.2) is 15.7 Å². The molecule has 2 rings (SSSR count). The number of amides is 1. The SMILES string of the molecule is CS(=O)(=O)C1CSCCN1C(=O)c1c(F)ccc(N)c1F. The van der Waals surface area contributed by atoms with Crippen molar-refractivity contribution < 1.29 is 22.0 Å². The number of carbonyl (C=O) groups excluding carboxylic acids is 1. The largest absolute Gasteiger partial charge is 0.396 e. The molecule has 1 saturated heterocycles. The third-order valence-electron chi connectivity index (χ3n) is 3.17. The monoisotopic (exact) mass is 336 g/mol. The predicted molar refractivity (Wildman–Crippen MR) is 77.8 cm³/mol.